The molecule has 2 unspecified atom stereocenters. The van der Waals surface area contributed by atoms with E-state index in [1.807, 2.05) is 13.8 Å². The highest BCUT2D eigenvalue weighted by atomic mass is 35.5. The Morgan fingerprint density at radius 2 is 1.94 bits per heavy atom. The number of halogens is 4. The molecule has 0 spiro atoms. The normalized spacial score (nSPS) is 15.5. The number of hydrogen-bond acceptors (Lipinski definition) is 1. The summed E-state index contributed by atoms with van der Waals surface area (Å²) >= 11 is 5.52. The van der Waals surface area contributed by atoms with E-state index in [9.17, 15) is 18.3 Å². The summed E-state index contributed by atoms with van der Waals surface area (Å²) in [5.74, 6) is 0.255. The van der Waals surface area contributed by atoms with Crippen molar-refractivity contribution in [3.8, 4) is 0 Å². The van der Waals surface area contributed by atoms with Crippen LogP contribution in [0.25, 0.3) is 0 Å². The second kappa shape index (κ2) is 5.93. The third-order valence-electron chi connectivity index (χ3n) is 3.00. The lowest BCUT2D eigenvalue weighted by molar-refractivity contribution is -0.137. The van der Waals surface area contributed by atoms with Gasteiger partial charge in [-0.1, -0.05) is 37.9 Å². The van der Waals surface area contributed by atoms with Crippen LogP contribution in [0.1, 0.15) is 43.9 Å². The second-order valence-electron chi connectivity index (χ2n) is 4.50. The monoisotopic (exact) mass is 280 g/mol. The Morgan fingerprint density at radius 1 is 1.33 bits per heavy atom. The average molecular weight is 281 g/mol. The minimum atomic E-state index is -4.50. The summed E-state index contributed by atoms with van der Waals surface area (Å²) in [7, 11) is 0. The molecule has 18 heavy (non-hydrogen) atoms. The van der Waals surface area contributed by atoms with Gasteiger partial charge in [-0.15, -0.1) is 0 Å². The first-order valence-corrected chi connectivity index (χ1v) is 6.18. The predicted octanol–water partition coefficient (Wildman–Crippen LogP) is 4.83. The maximum atomic E-state index is 12.7. The van der Waals surface area contributed by atoms with Crippen LogP contribution in [0.15, 0.2) is 18.2 Å². The lowest BCUT2D eigenvalue weighted by Crippen LogP contribution is -2.09. The minimum Gasteiger partial charge on any atom is -0.388 e. The van der Waals surface area contributed by atoms with Gasteiger partial charge in [-0.05, 0) is 30.0 Å². The van der Waals surface area contributed by atoms with Gasteiger partial charge in [0.15, 0.2) is 0 Å². The summed E-state index contributed by atoms with van der Waals surface area (Å²) in [4.78, 5) is 0. The van der Waals surface area contributed by atoms with E-state index in [1.54, 1.807) is 0 Å². The molecule has 0 aliphatic carbocycles. The van der Waals surface area contributed by atoms with Crippen molar-refractivity contribution in [3.63, 3.8) is 0 Å². The van der Waals surface area contributed by atoms with Gasteiger partial charge in [0.1, 0.15) is 0 Å². The first-order valence-electron chi connectivity index (χ1n) is 5.80. The molecule has 0 radical (unpaired) electrons. The number of alkyl halides is 3. The molecular formula is C13H16ClF3O. The zero-order chi connectivity index (χ0) is 13.9. The summed E-state index contributed by atoms with van der Waals surface area (Å²) in [6.45, 7) is 3.92. The van der Waals surface area contributed by atoms with Gasteiger partial charge in [0.25, 0.3) is 0 Å². The van der Waals surface area contributed by atoms with Crippen LogP contribution in [0.4, 0.5) is 13.2 Å². The molecule has 0 heterocycles. The molecule has 1 rings (SSSR count). The standard InChI is InChI=1S/C13H16ClF3O/c1-3-8(2)6-12(18)9-4-5-11(14)10(7-9)13(15,16)17/h4-5,7-8,12,18H,3,6H2,1-2H3. The zero-order valence-electron chi connectivity index (χ0n) is 10.3. The van der Waals surface area contributed by atoms with Crippen LogP contribution < -0.4 is 0 Å². The van der Waals surface area contributed by atoms with E-state index in [-0.39, 0.29) is 16.5 Å². The van der Waals surface area contributed by atoms with Crippen LogP contribution >= 0.6 is 11.6 Å². The lowest BCUT2D eigenvalue weighted by atomic mass is 9.95. The van der Waals surface area contributed by atoms with Crippen LogP contribution in [0.5, 0.6) is 0 Å². The van der Waals surface area contributed by atoms with Crippen molar-refractivity contribution in [1.29, 1.82) is 0 Å². The van der Waals surface area contributed by atoms with Gasteiger partial charge in [-0.25, -0.2) is 0 Å². The molecule has 0 aliphatic heterocycles. The quantitative estimate of drug-likeness (QED) is 0.837. The Bertz CT molecular complexity index is 404. The van der Waals surface area contributed by atoms with Crippen molar-refractivity contribution < 1.29 is 18.3 Å². The number of benzene rings is 1. The van der Waals surface area contributed by atoms with Gasteiger partial charge < -0.3 is 5.11 Å². The van der Waals surface area contributed by atoms with Crippen LogP contribution in [0, 0.1) is 5.92 Å². The van der Waals surface area contributed by atoms with Crippen molar-refractivity contribution in [2.75, 3.05) is 0 Å². The lowest BCUT2D eigenvalue weighted by Gasteiger charge is -2.17. The maximum absolute atomic E-state index is 12.7. The number of hydrogen-bond donors (Lipinski definition) is 1. The molecule has 1 N–H and O–H groups in total. The van der Waals surface area contributed by atoms with E-state index in [0.717, 1.165) is 12.5 Å². The fourth-order valence-electron chi connectivity index (χ4n) is 1.65. The molecule has 0 saturated carbocycles. The Hall–Kier alpha value is -0.740. The fraction of sp³-hybridized carbons (Fsp3) is 0.538. The van der Waals surface area contributed by atoms with Crippen molar-refractivity contribution in [3.05, 3.63) is 34.3 Å². The summed E-state index contributed by atoms with van der Waals surface area (Å²) in [6.07, 6.45) is -4.08. The molecule has 2 atom stereocenters. The van der Waals surface area contributed by atoms with Gasteiger partial charge in [0.05, 0.1) is 16.7 Å². The highest BCUT2D eigenvalue weighted by molar-refractivity contribution is 6.31. The molecule has 0 aliphatic rings. The average Bonchev–Trinajstić information content (AvgIpc) is 2.27. The fourth-order valence-corrected chi connectivity index (χ4v) is 1.88. The molecule has 0 aromatic heterocycles. The van der Waals surface area contributed by atoms with Crippen molar-refractivity contribution >= 4 is 11.6 Å². The number of aliphatic hydroxyl groups is 1. The summed E-state index contributed by atoms with van der Waals surface area (Å²) in [5, 5.41) is 9.55. The van der Waals surface area contributed by atoms with Gasteiger partial charge in [0.2, 0.25) is 0 Å². The van der Waals surface area contributed by atoms with Gasteiger partial charge in [-0.2, -0.15) is 13.2 Å². The van der Waals surface area contributed by atoms with E-state index < -0.39 is 17.8 Å². The third kappa shape index (κ3) is 3.89. The Kier molecular flexibility index (Phi) is 5.05. The summed E-state index contributed by atoms with van der Waals surface area (Å²) < 4.78 is 38.0. The SMILES string of the molecule is CCC(C)CC(O)c1ccc(Cl)c(C(F)(F)F)c1. The number of rotatable bonds is 4. The van der Waals surface area contributed by atoms with E-state index >= 15 is 0 Å². The van der Waals surface area contributed by atoms with Crippen LogP contribution in [-0.2, 0) is 6.18 Å². The van der Waals surface area contributed by atoms with E-state index in [4.69, 9.17) is 11.6 Å². The van der Waals surface area contributed by atoms with Crippen molar-refractivity contribution in [2.24, 2.45) is 5.92 Å². The van der Waals surface area contributed by atoms with Gasteiger partial charge in [-0.3, -0.25) is 0 Å². The first kappa shape index (κ1) is 15.3. The molecule has 5 heteroatoms. The van der Waals surface area contributed by atoms with Crippen LogP contribution in [0.3, 0.4) is 0 Å². The minimum absolute atomic E-state index is 0.255. The van der Waals surface area contributed by atoms with Crippen molar-refractivity contribution in [2.45, 2.75) is 39.0 Å². The van der Waals surface area contributed by atoms with Crippen LogP contribution in [-0.4, -0.2) is 5.11 Å². The van der Waals surface area contributed by atoms with E-state index in [2.05, 4.69) is 0 Å². The summed E-state index contributed by atoms with van der Waals surface area (Å²) in [5.41, 5.74) is -0.642. The Labute approximate surface area is 110 Å². The molecule has 1 nitrogen and oxygen atoms in total. The molecule has 0 amide bonds. The zero-order valence-corrected chi connectivity index (χ0v) is 11.0. The van der Waals surface area contributed by atoms with E-state index in [0.29, 0.717) is 6.42 Å². The highest BCUT2D eigenvalue weighted by Gasteiger charge is 2.33. The Balaban J connectivity index is 2.98. The molecule has 1 aromatic carbocycles. The molecule has 0 fully saturated rings. The Morgan fingerprint density at radius 3 is 2.44 bits per heavy atom. The van der Waals surface area contributed by atoms with Gasteiger partial charge in [0, 0.05) is 0 Å². The predicted molar refractivity (Wildman–Crippen MR) is 65.5 cm³/mol. The summed E-state index contributed by atoms with van der Waals surface area (Å²) in [6, 6.07) is 3.54. The number of aliphatic hydroxyl groups excluding tert-OH is 1. The maximum Gasteiger partial charge on any atom is 0.417 e. The third-order valence-corrected chi connectivity index (χ3v) is 3.33. The smallest absolute Gasteiger partial charge is 0.388 e. The first-order chi connectivity index (χ1) is 8.25. The topological polar surface area (TPSA) is 20.2 Å². The molecule has 0 bridgehead atoms. The second-order valence-corrected chi connectivity index (χ2v) is 4.91. The molecule has 102 valence electrons. The van der Waals surface area contributed by atoms with Gasteiger partial charge >= 0.3 is 6.18 Å². The molecular weight excluding hydrogens is 265 g/mol. The van der Waals surface area contributed by atoms with Crippen molar-refractivity contribution in [1.82, 2.24) is 0 Å². The van der Waals surface area contributed by atoms with Crippen LogP contribution in [0.2, 0.25) is 5.02 Å². The van der Waals surface area contributed by atoms with E-state index in [1.165, 1.54) is 12.1 Å². The molecule has 0 saturated heterocycles. The molecule has 1 aromatic rings. The largest absolute Gasteiger partial charge is 0.417 e. The highest BCUT2D eigenvalue weighted by Crippen LogP contribution is 2.36.